The van der Waals surface area contributed by atoms with Gasteiger partial charge >= 0.3 is 0 Å². The first-order chi connectivity index (χ1) is 8.24. The van der Waals surface area contributed by atoms with Crippen molar-refractivity contribution in [3.05, 3.63) is 0 Å². The van der Waals surface area contributed by atoms with Crippen LogP contribution in [0.1, 0.15) is 79.1 Å². The van der Waals surface area contributed by atoms with Crippen LogP contribution in [-0.2, 0) is 0 Å². The first kappa shape index (κ1) is 49.7. The summed E-state index contributed by atoms with van der Waals surface area (Å²) in [4.78, 5) is 0. The van der Waals surface area contributed by atoms with Crippen LogP contribution < -0.4 is 0 Å². The molecule has 8 heteroatoms. The van der Waals surface area contributed by atoms with Crippen molar-refractivity contribution in [1.82, 2.24) is 0 Å². The van der Waals surface area contributed by atoms with E-state index in [0.29, 0.717) is 0 Å². The zero-order valence-corrected chi connectivity index (χ0v) is 18.9. The number of unbranched alkanes of at least 4 members (excludes halogenated alkanes) is 4. The number of hydrogen-bond donors (Lipinski definition) is 0. The van der Waals surface area contributed by atoms with Gasteiger partial charge in [-0.05, 0) is 25.7 Å². The molecule has 0 rings (SSSR count). The smallest absolute Gasteiger partial charge is 0.0786 e. The fraction of sp³-hybridized carbons (Fsp3) is 1.00. The molecule has 0 fully saturated rings. The van der Waals surface area contributed by atoms with Crippen LogP contribution >= 0.6 is 0 Å². The summed E-state index contributed by atoms with van der Waals surface area (Å²) in [5.74, 6) is 0. The molecule has 0 aromatic carbocycles. The van der Waals surface area contributed by atoms with Gasteiger partial charge in [0.2, 0.25) is 0 Å². The molecule has 0 aliphatic carbocycles. The first-order valence-corrected chi connectivity index (χ1v) is 8.09. The van der Waals surface area contributed by atoms with E-state index in [-0.39, 0.29) is 57.3 Å². The Hall–Kier alpha value is 0.538. The van der Waals surface area contributed by atoms with E-state index in [1.165, 1.54) is 82.0 Å². The minimum Gasteiger partial charge on any atom is -0.412 e. The van der Waals surface area contributed by atoms with Crippen LogP contribution in [0.3, 0.4) is 0 Å². The summed E-state index contributed by atoms with van der Waals surface area (Å²) in [6.07, 6.45) is 11.1. The van der Waals surface area contributed by atoms with Crippen LogP contribution in [0.15, 0.2) is 0 Å². The van der Waals surface area contributed by atoms with E-state index >= 15 is 0 Å². The average molecular weight is 472 g/mol. The van der Waals surface area contributed by atoms with E-state index < -0.39 is 0 Å². The molecule has 0 aliphatic rings. The standard InChI is InChI=1S/C16H36N.6H2O.Sb/c1-5-9-13-17(14-10-6-2,15-11-7-3)16-12-8-4;;;;;;;/h5-16H2,1-4H3;6*1H2;/q+1;;;;;;;. The third-order valence-electron chi connectivity index (χ3n) is 3.94. The van der Waals surface area contributed by atoms with Gasteiger partial charge in [0.25, 0.3) is 0 Å². The maximum absolute atomic E-state index is 2.33. The Morgan fingerprint density at radius 1 is 0.417 bits per heavy atom. The van der Waals surface area contributed by atoms with Gasteiger partial charge in [0, 0.05) is 24.4 Å². The van der Waals surface area contributed by atoms with Gasteiger partial charge in [0.1, 0.15) is 0 Å². The molecule has 3 radical (unpaired) electrons. The fourth-order valence-electron chi connectivity index (χ4n) is 2.64. The van der Waals surface area contributed by atoms with Crippen molar-refractivity contribution in [2.75, 3.05) is 26.2 Å². The molecule has 0 aliphatic heterocycles. The van der Waals surface area contributed by atoms with E-state index in [0.717, 1.165) is 0 Å². The monoisotopic (exact) mass is 471 g/mol. The Morgan fingerprint density at radius 3 is 0.708 bits per heavy atom. The molecule has 0 unspecified atom stereocenters. The van der Waals surface area contributed by atoms with Gasteiger partial charge in [-0.1, -0.05) is 53.4 Å². The zero-order valence-electron chi connectivity index (χ0n) is 16.4. The second-order valence-corrected chi connectivity index (χ2v) is 5.65. The van der Waals surface area contributed by atoms with E-state index in [4.69, 9.17) is 0 Å². The number of rotatable bonds is 12. The van der Waals surface area contributed by atoms with Crippen LogP contribution in [-0.4, -0.2) is 87.9 Å². The van der Waals surface area contributed by atoms with E-state index in [1.807, 2.05) is 0 Å². The van der Waals surface area contributed by atoms with Crippen molar-refractivity contribution >= 4 is 24.4 Å². The molecular formula is C16H48NO6Sb+. The second-order valence-electron chi connectivity index (χ2n) is 5.65. The van der Waals surface area contributed by atoms with Crippen LogP contribution in [0.2, 0.25) is 0 Å². The Morgan fingerprint density at radius 2 is 0.583 bits per heavy atom. The molecule has 7 nitrogen and oxygen atoms in total. The zero-order chi connectivity index (χ0) is 13.0. The van der Waals surface area contributed by atoms with E-state index in [2.05, 4.69) is 27.7 Å². The van der Waals surface area contributed by atoms with Gasteiger partial charge in [-0.25, -0.2) is 0 Å². The molecule has 12 N–H and O–H groups in total. The van der Waals surface area contributed by atoms with Gasteiger partial charge in [-0.3, -0.25) is 0 Å². The molecular weight excluding hydrogens is 424 g/mol. The summed E-state index contributed by atoms with van der Waals surface area (Å²) in [6, 6.07) is 0. The summed E-state index contributed by atoms with van der Waals surface area (Å²) in [5.41, 5.74) is 0. The molecule has 157 valence electrons. The van der Waals surface area contributed by atoms with Gasteiger partial charge in [-0.2, -0.15) is 0 Å². The normalized spacial score (nSPS) is 8.50. The summed E-state index contributed by atoms with van der Waals surface area (Å²) in [7, 11) is 0. The van der Waals surface area contributed by atoms with Crippen molar-refractivity contribution in [3.63, 3.8) is 0 Å². The Balaban J connectivity index is -0.0000000610. The third kappa shape index (κ3) is 24.8. The molecule has 0 aromatic rings. The van der Waals surface area contributed by atoms with Crippen LogP contribution in [0, 0.1) is 0 Å². The van der Waals surface area contributed by atoms with Crippen molar-refractivity contribution in [1.29, 1.82) is 0 Å². The summed E-state index contributed by atoms with van der Waals surface area (Å²) < 4.78 is 1.42. The van der Waals surface area contributed by atoms with E-state index in [1.54, 1.807) is 0 Å². The molecule has 0 bridgehead atoms. The molecule has 0 spiro atoms. The minimum absolute atomic E-state index is 0. The van der Waals surface area contributed by atoms with Crippen molar-refractivity contribution < 1.29 is 37.3 Å². The molecule has 0 atom stereocenters. The maximum Gasteiger partial charge on any atom is 0.0786 e. The Bertz CT molecular complexity index is 141. The molecule has 0 saturated heterocycles. The van der Waals surface area contributed by atoms with Crippen LogP contribution in [0.5, 0.6) is 0 Å². The molecule has 0 amide bonds. The third-order valence-corrected chi connectivity index (χ3v) is 3.94. The fourth-order valence-corrected chi connectivity index (χ4v) is 2.64. The van der Waals surface area contributed by atoms with Crippen LogP contribution in [0.25, 0.3) is 0 Å². The van der Waals surface area contributed by atoms with Crippen molar-refractivity contribution in [3.8, 4) is 0 Å². The minimum atomic E-state index is 0. The van der Waals surface area contributed by atoms with Gasteiger partial charge in [-0.15, -0.1) is 0 Å². The van der Waals surface area contributed by atoms with Gasteiger partial charge < -0.3 is 37.3 Å². The van der Waals surface area contributed by atoms with Gasteiger partial charge in [0.15, 0.2) is 0 Å². The molecule has 24 heavy (non-hydrogen) atoms. The Labute approximate surface area is 167 Å². The summed E-state index contributed by atoms with van der Waals surface area (Å²) in [6.45, 7) is 15.0. The van der Waals surface area contributed by atoms with E-state index in [9.17, 15) is 0 Å². The van der Waals surface area contributed by atoms with Crippen LogP contribution in [0.4, 0.5) is 0 Å². The summed E-state index contributed by atoms with van der Waals surface area (Å²) >= 11 is 0. The SMILES string of the molecule is CCCC[N+](CCCC)(CCCC)CCCC.O.O.O.O.O.O.[Sb]. The summed E-state index contributed by atoms with van der Waals surface area (Å²) in [5, 5.41) is 0. The topological polar surface area (TPSA) is 189 Å². The van der Waals surface area contributed by atoms with Crippen molar-refractivity contribution in [2.45, 2.75) is 79.1 Å². The largest absolute Gasteiger partial charge is 0.412 e. The molecule has 0 saturated carbocycles. The molecule has 0 heterocycles. The predicted molar refractivity (Wildman–Crippen MR) is 107 cm³/mol. The number of quaternary nitrogens is 1. The van der Waals surface area contributed by atoms with Crippen molar-refractivity contribution in [2.24, 2.45) is 0 Å². The quantitative estimate of drug-likeness (QED) is 0.266. The molecule has 0 aromatic heterocycles. The van der Waals surface area contributed by atoms with Gasteiger partial charge in [0.05, 0.1) is 26.2 Å². The Kier molecular flexibility index (Phi) is 72.1. The maximum atomic E-state index is 2.33. The number of nitrogens with zero attached hydrogens (tertiary/aromatic N) is 1. The predicted octanol–water partition coefficient (Wildman–Crippen LogP) is -0.325. The number of hydrogen-bond acceptors (Lipinski definition) is 0. The first-order valence-electron chi connectivity index (χ1n) is 8.09. The second kappa shape index (κ2) is 34.8. The average Bonchev–Trinajstić information content (AvgIpc) is 2.37.